The molecule has 0 bridgehead atoms. The van der Waals surface area contributed by atoms with Gasteiger partial charge in [-0.05, 0) is 35.4 Å². The topological polar surface area (TPSA) is 88.9 Å². The van der Waals surface area contributed by atoms with Gasteiger partial charge in [0.15, 0.2) is 0 Å². The molecule has 1 aliphatic carbocycles. The van der Waals surface area contributed by atoms with E-state index in [1.807, 2.05) is 22.6 Å². The van der Waals surface area contributed by atoms with E-state index < -0.39 is 4.92 Å². The van der Waals surface area contributed by atoms with Gasteiger partial charge in [-0.15, -0.1) is 0 Å². The van der Waals surface area contributed by atoms with Crippen LogP contribution in [0.25, 0.3) is 11.4 Å². The highest BCUT2D eigenvalue weighted by molar-refractivity contribution is 14.1. The van der Waals surface area contributed by atoms with Gasteiger partial charge >= 0.3 is 0 Å². The van der Waals surface area contributed by atoms with E-state index in [4.69, 9.17) is 0 Å². The van der Waals surface area contributed by atoms with Crippen molar-refractivity contribution in [2.24, 2.45) is 0 Å². The Morgan fingerprint density at radius 1 is 1.40 bits per heavy atom. The number of nitrogens with zero attached hydrogens (tertiary/aromatic N) is 2. The highest BCUT2D eigenvalue weighted by Gasteiger charge is 2.29. The molecule has 1 saturated carbocycles. The molecule has 0 unspecified atom stereocenters. The molecule has 1 fully saturated rings. The molecule has 102 valence electrons. The molecule has 0 aliphatic heterocycles. The predicted molar refractivity (Wildman–Crippen MR) is 81.6 cm³/mol. The van der Waals surface area contributed by atoms with E-state index in [1.165, 1.54) is 12.1 Å². The van der Waals surface area contributed by atoms with Gasteiger partial charge < -0.3 is 4.98 Å². The Morgan fingerprint density at radius 3 is 2.80 bits per heavy atom. The number of aromatic amines is 1. The summed E-state index contributed by atoms with van der Waals surface area (Å²) in [4.78, 5) is 29.5. The number of benzene rings is 1. The highest BCUT2D eigenvalue weighted by Crippen LogP contribution is 2.40. The molecule has 1 aromatic carbocycles. The fourth-order valence-corrected chi connectivity index (χ4v) is 2.70. The van der Waals surface area contributed by atoms with Crippen molar-refractivity contribution in [1.82, 2.24) is 9.97 Å². The molecule has 6 nitrogen and oxygen atoms in total. The molecule has 2 aromatic rings. The number of hydrogen-bond donors (Lipinski definition) is 1. The number of nitro groups is 1. The third-order valence-electron chi connectivity index (χ3n) is 3.18. The summed E-state index contributed by atoms with van der Waals surface area (Å²) in [7, 11) is 0. The zero-order valence-corrected chi connectivity index (χ0v) is 12.5. The number of rotatable bonds is 3. The summed E-state index contributed by atoms with van der Waals surface area (Å²) in [6.07, 6.45) is 2.08. The van der Waals surface area contributed by atoms with Crippen LogP contribution in [0.3, 0.4) is 0 Å². The minimum Gasteiger partial charge on any atom is -0.306 e. The monoisotopic (exact) mass is 383 g/mol. The minimum absolute atomic E-state index is 0.0170. The van der Waals surface area contributed by atoms with Crippen molar-refractivity contribution in [1.29, 1.82) is 0 Å². The Morgan fingerprint density at radius 2 is 2.15 bits per heavy atom. The smallest absolute Gasteiger partial charge is 0.270 e. The van der Waals surface area contributed by atoms with Crippen LogP contribution in [0.5, 0.6) is 0 Å². The first-order valence-corrected chi connectivity index (χ1v) is 7.18. The Kier molecular flexibility index (Phi) is 3.28. The molecule has 0 spiro atoms. The Balaban J connectivity index is 2.12. The molecule has 3 rings (SSSR count). The van der Waals surface area contributed by atoms with Crippen molar-refractivity contribution >= 4 is 28.3 Å². The summed E-state index contributed by atoms with van der Waals surface area (Å²) in [5.74, 6) is 0.739. The number of H-pyrrole nitrogens is 1. The van der Waals surface area contributed by atoms with E-state index in [2.05, 4.69) is 9.97 Å². The summed E-state index contributed by atoms with van der Waals surface area (Å²) in [6, 6.07) is 6.12. The lowest BCUT2D eigenvalue weighted by Crippen LogP contribution is -2.16. The lowest BCUT2D eigenvalue weighted by Gasteiger charge is -2.05. The van der Waals surface area contributed by atoms with Gasteiger partial charge in [0.1, 0.15) is 5.82 Å². The number of non-ortho nitro benzene ring substituents is 1. The van der Waals surface area contributed by atoms with Crippen LogP contribution in [0.2, 0.25) is 0 Å². The van der Waals surface area contributed by atoms with Gasteiger partial charge in [0.2, 0.25) is 0 Å². The number of nitro benzene ring substituents is 1. The number of aromatic nitrogens is 2. The molecule has 7 heteroatoms. The first kappa shape index (κ1) is 13.2. The molecule has 20 heavy (non-hydrogen) atoms. The van der Waals surface area contributed by atoms with Crippen LogP contribution in [0, 0.1) is 13.7 Å². The summed E-state index contributed by atoms with van der Waals surface area (Å²) in [5.41, 5.74) is 1.14. The van der Waals surface area contributed by atoms with E-state index in [9.17, 15) is 14.9 Å². The van der Waals surface area contributed by atoms with Crippen LogP contribution < -0.4 is 5.56 Å². The Labute approximate surface area is 127 Å². The highest BCUT2D eigenvalue weighted by atomic mass is 127. The molecule has 0 radical (unpaired) electrons. The van der Waals surface area contributed by atoms with Crippen molar-refractivity contribution in [2.75, 3.05) is 0 Å². The molecule has 1 aliphatic rings. The standard InChI is InChI=1S/C13H10IN3O3/c14-10-11(7-4-5-7)15-12(16-13(10)18)8-2-1-3-9(6-8)17(19)20/h1-3,6-7H,4-5H2,(H,15,16,18). The van der Waals surface area contributed by atoms with Gasteiger partial charge in [0, 0.05) is 23.6 Å². The molecule has 0 saturated heterocycles. The molecular weight excluding hydrogens is 373 g/mol. The quantitative estimate of drug-likeness (QED) is 0.502. The van der Waals surface area contributed by atoms with Crippen LogP contribution in [-0.2, 0) is 0 Å². The van der Waals surface area contributed by atoms with Gasteiger partial charge in [-0.2, -0.15) is 0 Å². The van der Waals surface area contributed by atoms with Crippen molar-refractivity contribution < 1.29 is 4.92 Å². The Bertz CT molecular complexity index is 753. The number of halogens is 1. The first-order chi connectivity index (χ1) is 9.56. The number of hydrogen-bond acceptors (Lipinski definition) is 4. The van der Waals surface area contributed by atoms with E-state index >= 15 is 0 Å². The second-order valence-electron chi connectivity index (χ2n) is 4.70. The van der Waals surface area contributed by atoms with E-state index in [1.54, 1.807) is 12.1 Å². The lowest BCUT2D eigenvalue weighted by atomic mass is 10.2. The average molecular weight is 383 g/mol. The predicted octanol–water partition coefficient (Wildman–Crippen LogP) is 2.83. The molecule has 0 amide bonds. The van der Waals surface area contributed by atoms with Crippen LogP contribution in [-0.4, -0.2) is 14.9 Å². The second-order valence-corrected chi connectivity index (χ2v) is 5.77. The molecule has 1 heterocycles. The lowest BCUT2D eigenvalue weighted by molar-refractivity contribution is -0.384. The normalized spacial score (nSPS) is 14.2. The SMILES string of the molecule is O=c1[nH]c(-c2cccc([N+](=O)[O-])c2)nc(C2CC2)c1I. The molecule has 1 N–H and O–H groups in total. The zero-order valence-electron chi connectivity index (χ0n) is 10.3. The fraction of sp³-hybridized carbons (Fsp3) is 0.231. The molecule has 0 atom stereocenters. The van der Waals surface area contributed by atoms with Crippen LogP contribution in [0.15, 0.2) is 29.1 Å². The largest absolute Gasteiger partial charge is 0.306 e. The third-order valence-corrected chi connectivity index (χ3v) is 4.23. The van der Waals surface area contributed by atoms with Crippen molar-refractivity contribution in [2.45, 2.75) is 18.8 Å². The maximum atomic E-state index is 11.9. The Hall–Kier alpha value is -1.77. The zero-order chi connectivity index (χ0) is 14.3. The summed E-state index contributed by atoms with van der Waals surface area (Å²) in [5, 5.41) is 10.8. The van der Waals surface area contributed by atoms with Gasteiger partial charge in [-0.25, -0.2) is 4.98 Å². The molecular formula is C13H10IN3O3. The minimum atomic E-state index is -0.462. The molecule has 1 aromatic heterocycles. The van der Waals surface area contributed by atoms with Gasteiger partial charge in [-0.1, -0.05) is 12.1 Å². The van der Waals surface area contributed by atoms with E-state index in [0.717, 1.165) is 18.5 Å². The van der Waals surface area contributed by atoms with Gasteiger partial charge in [0.05, 0.1) is 14.2 Å². The summed E-state index contributed by atoms with van der Waals surface area (Å²) in [6.45, 7) is 0. The second kappa shape index (κ2) is 4.97. The van der Waals surface area contributed by atoms with E-state index in [0.29, 0.717) is 20.9 Å². The van der Waals surface area contributed by atoms with Crippen molar-refractivity contribution in [3.05, 3.63) is 54.0 Å². The number of nitrogens with one attached hydrogen (secondary N) is 1. The van der Waals surface area contributed by atoms with Crippen LogP contribution in [0.4, 0.5) is 5.69 Å². The van der Waals surface area contributed by atoms with Gasteiger partial charge in [-0.3, -0.25) is 14.9 Å². The maximum Gasteiger partial charge on any atom is 0.270 e. The van der Waals surface area contributed by atoms with Crippen LogP contribution >= 0.6 is 22.6 Å². The third kappa shape index (κ3) is 2.45. The van der Waals surface area contributed by atoms with Crippen molar-refractivity contribution in [3.63, 3.8) is 0 Å². The average Bonchev–Trinajstić information content (AvgIpc) is 3.26. The maximum absolute atomic E-state index is 11.9. The van der Waals surface area contributed by atoms with Crippen molar-refractivity contribution in [3.8, 4) is 11.4 Å². The fourth-order valence-electron chi connectivity index (χ4n) is 2.01. The van der Waals surface area contributed by atoms with Gasteiger partial charge in [0.25, 0.3) is 11.2 Å². The van der Waals surface area contributed by atoms with E-state index in [-0.39, 0.29) is 11.2 Å². The summed E-state index contributed by atoms with van der Waals surface area (Å²) >= 11 is 2.00. The van der Waals surface area contributed by atoms with Crippen LogP contribution in [0.1, 0.15) is 24.5 Å². The first-order valence-electron chi connectivity index (χ1n) is 6.11. The summed E-state index contributed by atoms with van der Waals surface area (Å²) < 4.78 is 0.610.